The summed E-state index contributed by atoms with van der Waals surface area (Å²) >= 11 is 6.35. The molecule has 1 aromatic rings. The van der Waals surface area contributed by atoms with E-state index in [0.717, 1.165) is 17.4 Å². The van der Waals surface area contributed by atoms with Crippen molar-refractivity contribution in [3.05, 3.63) is 34.3 Å². The molecular formula is C17H26ClN. The van der Waals surface area contributed by atoms with E-state index in [9.17, 15) is 0 Å². The fourth-order valence-electron chi connectivity index (χ4n) is 3.21. The number of halogens is 1. The summed E-state index contributed by atoms with van der Waals surface area (Å²) in [7, 11) is 2.08. The Kier molecular flexibility index (Phi) is 5.72. The van der Waals surface area contributed by atoms with Crippen LogP contribution in [-0.4, -0.2) is 13.1 Å². The highest BCUT2D eigenvalue weighted by Gasteiger charge is 2.18. The molecule has 1 N–H and O–H groups in total. The first-order valence-electron chi connectivity index (χ1n) is 7.61. The van der Waals surface area contributed by atoms with Crippen LogP contribution in [0.1, 0.15) is 49.7 Å². The fraction of sp³-hybridized carbons (Fsp3) is 0.647. The van der Waals surface area contributed by atoms with Gasteiger partial charge >= 0.3 is 0 Å². The lowest BCUT2D eigenvalue weighted by atomic mass is 9.83. The number of aryl methyl sites for hydroxylation is 1. The molecule has 2 rings (SSSR count). The van der Waals surface area contributed by atoms with Gasteiger partial charge in [-0.3, -0.25) is 0 Å². The van der Waals surface area contributed by atoms with Crippen LogP contribution in [0.4, 0.5) is 0 Å². The molecule has 0 amide bonds. The molecule has 0 heterocycles. The second-order valence-corrected chi connectivity index (χ2v) is 6.43. The zero-order valence-electron chi connectivity index (χ0n) is 12.2. The average molecular weight is 280 g/mol. The molecule has 0 saturated heterocycles. The van der Waals surface area contributed by atoms with E-state index >= 15 is 0 Å². The smallest absolute Gasteiger partial charge is 0.0441 e. The van der Waals surface area contributed by atoms with Gasteiger partial charge < -0.3 is 5.32 Å². The molecule has 0 bridgehead atoms. The SMILES string of the molecule is CNC(Cc1ccc(C)cc1Cl)CC1CCCCC1. The van der Waals surface area contributed by atoms with Crippen LogP contribution in [0.25, 0.3) is 0 Å². The molecule has 2 heteroatoms. The lowest BCUT2D eigenvalue weighted by Gasteiger charge is -2.26. The maximum atomic E-state index is 6.35. The van der Waals surface area contributed by atoms with Gasteiger partial charge in [-0.25, -0.2) is 0 Å². The Balaban J connectivity index is 1.94. The van der Waals surface area contributed by atoms with Crippen LogP contribution in [0.3, 0.4) is 0 Å². The molecule has 1 aliphatic rings. The van der Waals surface area contributed by atoms with Gasteiger partial charge in [-0.15, -0.1) is 0 Å². The van der Waals surface area contributed by atoms with Crippen molar-refractivity contribution in [3.63, 3.8) is 0 Å². The highest BCUT2D eigenvalue weighted by atomic mass is 35.5. The molecule has 0 spiro atoms. The molecule has 1 atom stereocenters. The van der Waals surface area contributed by atoms with Crippen LogP contribution in [-0.2, 0) is 6.42 Å². The van der Waals surface area contributed by atoms with Gasteiger partial charge in [-0.2, -0.15) is 0 Å². The van der Waals surface area contributed by atoms with E-state index in [2.05, 4.69) is 37.5 Å². The third-order valence-electron chi connectivity index (χ3n) is 4.43. The van der Waals surface area contributed by atoms with Crippen LogP contribution in [0.2, 0.25) is 5.02 Å². The van der Waals surface area contributed by atoms with Crippen molar-refractivity contribution >= 4 is 11.6 Å². The number of hydrogen-bond donors (Lipinski definition) is 1. The van der Waals surface area contributed by atoms with E-state index in [1.165, 1.54) is 49.7 Å². The first-order chi connectivity index (χ1) is 9.19. The van der Waals surface area contributed by atoms with Crippen molar-refractivity contribution in [2.75, 3.05) is 7.05 Å². The van der Waals surface area contributed by atoms with Crippen molar-refractivity contribution in [1.82, 2.24) is 5.32 Å². The molecule has 0 aliphatic heterocycles. The minimum atomic E-state index is 0.559. The van der Waals surface area contributed by atoms with Gasteiger partial charge in [0.05, 0.1) is 0 Å². The molecule has 1 aromatic carbocycles. The zero-order valence-corrected chi connectivity index (χ0v) is 13.0. The Hall–Kier alpha value is -0.530. The summed E-state index contributed by atoms with van der Waals surface area (Å²) < 4.78 is 0. The number of rotatable bonds is 5. The van der Waals surface area contributed by atoms with Crippen LogP contribution in [0, 0.1) is 12.8 Å². The molecule has 1 nitrogen and oxygen atoms in total. The number of benzene rings is 1. The predicted octanol–water partition coefficient (Wildman–Crippen LogP) is 4.75. The minimum absolute atomic E-state index is 0.559. The van der Waals surface area contributed by atoms with Crippen LogP contribution >= 0.6 is 11.6 Å². The zero-order chi connectivity index (χ0) is 13.7. The van der Waals surface area contributed by atoms with E-state index in [-0.39, 0.29) is 0 Å². The Morgan fingerprint density at radius 2 is 2.00 bits per heavy atom. The van der Waals surface area contributed by atoms with E-state index in [1.54, 1.807) is 0 Å². The molecule has 19 heavy (non-hydrogen) atoms. The molecule has 1 saturated carbocycles. The summed E-state index contributed by atoms with van der Waals surface area (Å²) in [6.45, 7) is 2.09. The second kappa shape index (κ2) is 7.31. The highest BCUT2D eigenvalue weighted by Crippen LogP contribution is 2.29. The van der Waals surface area contributed by atoms with Gasteiger partial charge in [-0.05, 0) is 49.9 Å². The largest absolute Gasteiger partial charge is 0.317 e. The number of nitrogens with one attached hydrogen (secondary N) is 1. The molecule has 1 unspecified atom stereocenters. The number of likely N-dealkylation sites (N-methyl/N-ethyl adjacent to an activating group) is 1. The third kappa shape index (κ3) is 4.50. The summed E-state index contributed by atoms with van der Waals surface area (Å²) in [5.41, 5.74) is 2.52. The van der Waals surface area contributed by atoms with E-state index in [1.807, 2.05) is 0 Å². The van der Waals surface area contributed by atoms with Gasteiger partial charge in [0.25, 0.3) is 0 Å². The Morgan fingerprint density at radius 3 is 2.63 bits per heavy atom. The standard InChI is InChI=1S/C17H26ClN/c1-13-8-9-15(17(18)10-13)12-16(19-2)11-14-6-4-3-5-7-14/h8-10,14,16,19H,3-7,11-12H2,1-2H3. The molecule has 1 aliphatic carbocycles. The van der Waals surface area contributed by atoms with Gasteiger partial charge in [0.1, 0.15) is 0 Å². The van der Waals surface area contributed by atoms with Crippen molar-refractivity contribution < 1.29 is 0 Å². The first kappa shape index (κ1) is 14.9. The van der Waals surface area contributed by atoms with Gasteiger partial charge in [-0.1, -0.05) is 55.8 Å². The molecule has 106 valence electrons. The topological polar surface area (TPSA) is 12.0 Å². The summed E-state index contributed by atoms with van der Waals surface area (Å²) in [6, 6.07) is 6.98. The van der Waals surface area contributed by atoms with Crippen LogP contribution < -0.4 is 5.32 Å². The van der Waals surface area contributed by atoms with Gasteiger partial charge in [0.2, 0.25) is 0 Å². The second-order valence-electron chi connectivity index (χ2n) is 6.02. The normalized spacial score (nSPS) is 18.5. The first-order valence-corrected chi connectivity index (χ1v) is 7.99. The Labute approximate surface area is 122 Å². The van der Waals surface area contributed by atoms with Crippen molar-refractivity contribution in [2.45, 2.75) is 57.9 Å². The van der Waals surface area contributed by atoms with E-state index in [4.69, 9.17) is 11.6 Å². The lowest BCUT2D eigenvalue weighted by Crippen LogP contribution is -2.30. The average Bonchev–Trinajstić information content (AvgIpc) is 2.42. The molecule has 1 fully saturated rings. The Bertz CT molecular complexity index is 396. The predicted molar refractivity (Wildman–Crippen MR) is 83.9 cm³/mol. The van der Waals surface area contributed by atoms with Crippen molar-refractivity contribution in [2.24, 2.45) is 5.92 Å². The highest BCUT2D eigenvalue weighted by molar-refractivity contribution is 6.31. The Morgan fingerprint density at radius 1 is 1.26 bits per heavy atom. The molecule has 0 radical (unpaired) electrons. The summed E-state index contributed by atoms with van der Waals surface area (Å²) in [4.78, 5) is 0. The molecule has 0 aromatic heterocycles. The third-order valence-corrected chi connectivity index (χ3v) is 4.78. The maximum absolute atomic E-state index is 6.35. The van der Waals surface area contributed by atoms with Crippen LogP contribution in [0.15, 0.2) is 18.2 Å². The number of hydrogen-bond acceptors (Lipinski definition) is 1. The van der Waals surface area contributed by atoms with E-state index < -0.39 is 0 Å². The van der Waals surface area contributed by atoms with E-state index in [0.29, 0.717) is 6.04 Å². The summed E-state index contributed by atoms with van der Waals surface area (Å²) in [6.07, 6.45) is 9.45. The van der Waals surface area contributed by atoms with Crippen molar-refractivity contribution in [1.29, 1.82) is 0 Å². The lowest BCUT2D eigenvalue weighted by molar-refractivity contribution is 0.303. The van der Waals surface area contributed by atoms with Gasteiger partial charge in [0, 0.05) is 11.1 Å². The summed E-state index contributed by atoms with van der Waals surface area (Å²) in [5.74, 6) is 0.912. The van der Waals surface area contributed by atoms with Crippen molar-refractivity contribution in [3.8, 4) is 0 Å². The monoisotopic (exact) mass is 279 g/mol. The summed E-state index contributed by atoms with van der Waals surface area (Å²) in [5, 5.41) is 4.40. The quantitative estimate of drug-likeness (QED) is 0.820. The fourth-order valence-corrected chi connectivity index (χ4v) is 3.52. The maximum Gasteiger partial charge on any atom is 0.0441 e. The van der Waals surface area contributed by atoms with Crippen LogP contribution in [0.5, 0.6) is 0 Å². The minimum Gasteiger partial charge on any atom is -0.317 e. The molecular weight excluding hydrogens is 254 g/mol. The van der Waals surface area contributed by atoms with Gasteiger partial charge in [0.15, 0.2) is 0 Å².